The van der Waals surface area contributed by atoms with Crippen LogP contribution in [0.2, 0.25) is 0 Å². The second-order valence-electron chi connectivity index (χ2n) is 1.88. The Morgan fingerprint density at radius 1 is 1.55 bits per heavy atom. The zero-order chi connectivity index (χ0) is 8.85. The molecule has 4 nitrogen and oxygen atoms in total. The van der Waals surface area contributed by atoms with Gasteiger partial charge >= 0.3 is 6.43 Å². The monoisotopic (exact) mass is 169 g/mol. The molecule has 0 bridgehead atoms. The lowest BCUT2D eigenvalue weighted by Crippen LogP contribution is -2.37. The molecule has 66 valence electrons. The predicted octanol–water partition coefficient (Wildman–Crippen LogP) is -1.28. The minimum atomic E-state index is -3.08. The van der Waals surface area contributed by atoms with Crippen molar-refractivity contribution in [3.8, 4) is 0 Å². The zero-order valence-electron chi connectivity index (χ0n) is 5.63. The summed E-state index contributed by atoms with van der Waals surface area (Å²) in [6.07, 6.45) is -4.27. The van der Waals surface area contributed by atoms with E-state index in [1.54, 1.807) is 5.32 Å². The van der Waals surface area contributed by atoms with Crippen LogP contribution in [0.25, 0.3) is 0 Å². The second-order valence-corrected chi connectivity index (χ2v) is 1.88. The van der Waals surface area contributed by atoms with Gasteiger partial charge in [0.15, 0.2) is 0 Å². The van der Waals surface area contributed by atoms with Gasteiger partial charge in [0.25, 0.3) is 5.91 Å². The van der Waals surface area contributed by atoms with Crippen LogP contribution in [0.3, 0.4) is 0 Å². The van der Waals surface area contributed by atoms with Crippen molar-refractivity contribution in [2.24, 2.45) is 0 Å². The molecule has 0 aliphatic carbocycles. The van der Waals surface area contributed by atoms with E-state index in [4.69, 9.17) is 10.2 Å². The van der Waals surface area contributed by atoms with Gasteiger partial charge in [0.05, 0.1) is 12.7 Å². The Morgan fingerprint density at radius 2 is 2.09 bits per heavy atom. The molecule has 0 fully saturated rings. The molecule has 1 unspecified atom stereocenters. The maximum atomic E-state index is 11.4. The molecule has 1 amide bonds. The first kappa shape index (κ1) is 10.2. The molecular weight excluding hydrogens is 160 g/mol. The highest BCUT2D eigenvalue weighted by atomic mass is 19.3. The highest BCUT2D eigenvalue weighted by Gasteiger charge is 2.15. The highest BCUT2D eigenvalue weighted by Crippen LogP contribution is 1.90. The van der Waals surface area contributed by atoms with Gasteiger partial charge in [-0.05, 0) is 0 Å². The number of carbonyl (C=O) groups excluding carboxylic acids is 1. The highest BCUT2D eigenvalue weighted by molar-refractivity contribution is 5.79. The summed E-state index contributed by atoms with van der Waals surface area (Å²) in [4.78, 5) is 10.1. The molecule has 3 N–H and O–H groups in total. The van der Waals surface area contributed by atoms with E-state index < -0.39 is 25.0 Å². The third-order valence-corrected chi connectivity index (χ3v) is 0.921. The molecule has 11 heavy (non-hydrogen) atoms. The second kappa shape index (κ2) is 4.97. The van der Waals surface area contributed by atoms with E-state index in [0.29, 0.717) is 0 Å². The molecule has 0 aromatic rings. The summed E-state index contributed by atoms with van der Waals surface area (Å²) in [5.74, 6) is -1.45. The molecule has 0 spiro atoms. The Bertz CT molecular complexity index is 131. The number of rotatable bonds is 4. The summed E-state index contributed by atoms with van der Waals surface area (Å²) in [5, 5.41) is 18.5. The summed E-state index contributed by atoms with van der Waals surface area (Å²) in [7, 11) is 0. The summed E-state index contributed by atoms with van der Waals surface area (Å²) < 4.78 is 22.9. The van der Waals surface area contributed by atoms with Gasteiger partial charge in [-0.2, -0.15) is 8.78 Å². The van der Waals surface area contributed by atoms with Crippen molar-refractivity contribution in [3.05, 3.63) is 0 Å². The fraction of sp³-hybridized carbons (Fsp3) is 0.800. The number of hydrogen-bond acceptors (Lipinski definition) is 3. The molecule has 6 heteroatoms. The number of nitrogens with one attached hydrogen (secondary N) is 1. The average Bonchev–Trinajstić information content (AvgIpc) is 1.99. The minimum absolute atomic E-state index is 0.361. The summed E-state index contributed by atoms with van der Waals surface area (Å²) in [5.41, 5.74) is 0. The van der Waals surface area contributed by atoms with E-state index in [1.165, 1.54) is 0 Å². The molecular formula is C5H9F2NO3. The largest absolute Gasteiger partial charge is 0.394 e. The van der Waals surface area contributed by atoms with E-state index in [0.717, 1.165) is 0 Å². The van der Waals surface area contributed by atoms with Crippen molar-refractivity contribution in [2.45, 2.75) is 12.5 Å². The van der Waals surface area contributed by atoms with Crippen LogP contribution in [0.1, 0.15) is 0 Å². The lowest BCUT2D eigenvalue weighted by atomic mass is 10.4. The molecule has 0 saturated carbocycles. The first-order valence-corrected chi connectivity index (χ1v) is 2.92. The summed E-state index contributed by atoms with van der Waals surface area (Å²) in [6, 6.07) is 0. The van der Waals surface area contributed by atoms with Crippen molar-refractivity contribution < 1.29 is 23.8 Å². The van der Waals surface area contributed by atoms with E-state index in [-0.39, 0.29) is 6.54 Å². The van der Waals surface area contributed by atoms with Crippen LogP contribution in [0.4, 0.5) is 8.78 Å². The molecule has 0 aromatic heterocycles. The van der Waals surface area contributed by atoms with Crippen LogP contribution in [0.15, 0.2) is 0 Å². The number of amides is 1. The van der Waals surface area contributed by atoms with Crippen molar-refractivity contribution in [1.29, 1.82) is 0 Å². The van der Waals surface area contributed by atoms with Crippen LogP contribution < -0.4 is 5.32 Å². The Labute approximate surface area is 61.8 Å². The first-order chi connectivity index (χ1) is 5.07. The Balaban J connectivity index is 3.46. The van der Waals surface area contributed by atoms with Crippen LogP contribution >= 0.6 is 0 Å². The molecule has 0 radical (unpaired) electrons. The molecule has 0 rings (SSSR count). The Morgan fingerprint density at radius 3 is 2.45 bits per heavy atom. The van der Waals surface area contributed by atoms with Crippen molar-refractivity contribution in [2.75, 3.05) is 13.2 Å². The number of carbonyl (C=O) groups is 1. The van der Waals surface area contributed by atoms with Crippen LogP contribution in [0.5, 0.6) is 0 Å². The number of aliphatic hydroxyl groups is 2. The third kappa shape index (κ3) is 4.63. The van der Waals surface area contributed by atoms with Gasteiger partial charge in [-0.3, -0.25) is 4.79 Å². The summed E-state index contributed by atoms with van der Waals surface area (Å²) in [6.45, 7) is -0.927. The van der Waals surface area contributed by atoms with E-state index in [9.17, 15) is 13.6 Å². The average molecular weight is 169 g/mol. The topological polar surface area (TPSA) is 69.6 Å². The maximum Gasteiger partial charge on any atom is 0.315 e. The van der Waals surface area contributed by atoms with Gasteiger partial charge in [0.1, 0.15) is 0 Å². The minimum Gasteiger partial charge on any atom is -0.394 e. The quantitative estimate of drug-likeness (QED) is 0.491. The fourth-order valence-corrected chi connectivity index (χ4v) is 0.360. The standard InChI is InChI=1S/C5H9F2NO3/c6-4(7)5(11)8-1-3(10)2-9/h3-4,9-10H,1-2H2,(H,8,11). The van der Waals surface area contributed by atoms with Crippen molar-refractivity contribution >= 4 is 5.91 Å². The van der Waals surface area contributed by atoms with Gasteiger partial charge in [-0.15, -0.1) is 0 Å². The third-order valence-electron chi connectivity index (χ3n) is 0.921. The first-order valence-electron chi connectivity index (χ1n) is 2.92. The SMILES string of the molecule is O=C(NCC(O)CO)C(F)F. The molecule has 0 saturated heterocycles. The van der Waals surface area contributed by atoms with Crippen molar-refractivity contribution in [1.82, 2.24) is 5.32 Å². The molecule has 0 aliphatic rings. The Kier molecular flexibility index (Phi) is 4.64. The summed E-state index contributed by atoms with van der Waals surface area (Å²) >= 11 is 0. The molecule has 0 heterocycles. The van der Waals surface area contributed by atoms with E-state index in [1.807, 2.05) is 0 Å². The van der Waals surface area contributed by atoms with Crippen LogP contribution in [0, 0.1) is 0 Å². The maximum absolute atomic E-state index is 11.4. The van der Waals surface area contributed by atoms with Gasteiger partial charge in [-0.1, -0.05) is 0 Å². The molecule has 0 aliphatic heterocycles. The smallest absolute Gasteiger partial charge is 0.315 e. The van der Waals surface area contributed by atoms with Crippen LogP contribution in [-0.2, 0) is 4.79 Å². The van der Waals surface area contributed by atoms with Crippen LogP contribution in [-0.4, -0.2) is 41.8 Å². The van der Waals surface area contributed by atoms with Gasteiger partial charge in [0, 0.05) is 6.54 Å². The fourth-order valence-electron chi connectivity index (χ4n) is 0.360. The number of alkyl halides is 2. The molecule has 0 aromatic carbocycles. The van der Waals surface area contributed by atoms with Gasteiger partial charge in [0.2, 0.25) is 0 Å². The number of hydrogen-bond donors (Lipinski definition) is 3. The van der Waals surface area contributed by atoms with Crippen molar-refractivity contribution in [3.63, 3.8) is 0 Å². The van der Waals surface area contributed by atoms with Gasteiger partial charge in [-0.25, -0.2) is 0 Å². The lowest BCUT2D eigenvalue weighted by molar-refractivity contribution is -0.132. The lowest BCUT2D eigenvalue weighted by Gasteiger charge is -2.07. The zero-order valence-corrected chi connectivity index (χ0v) is 5.63. The molecule has 1 atom stereocenters. The van der Waals surface area contributed by atoms with E-state index in [2.05, 4.69) is 0 Å². The predicted molar refractivity (Wildman–Crippen MR) is 32.1 cm³/mol. The number of halogens is 2. The normalized spacial score (nSPS) is 13.2. The van der Waals surface area contributed by atoms with E-state index >= 15 is 0 Å². The Hall–Kier alpha value is -0.750. The van der Waals surface area contributed by atoms with Gasteiger partial charge < -0.3 is 15.5 Å². The number of aliphatic hydroxyl groups excluding tert-OH is 2.